The Labute approximate surface area is 107 Å². The number of phenolic OH excluding ortho intramolecular Hbond substituents is 1. The topological polar surface area (TPSA) is 61.8 Å². The molecule has 0 unspecified atom stereocenters. The number of amides is 1. The summed E-state index contributed by atoms with van der Waals surface area (Å²) in [6.07, 6.45) is 0. The maximum atomic E-state index is 11.4. The average Bonchev–Trinajstić information content (AvgIpc) is 2.33. The predicted molar refractivity (Wildman–Crippen MR) is 69.7 cm³/mol. The summed E-state index contributed by atoms with van der Waals surface area (Å²) in [5.41, 5.74) is 0.715. The van der Waals surface area contributed by atoms with Crippen LogP contribution in [-0.2, 0) is 11.3 Å². The molecular formula is C13H20N2O3. The van der Waals surface area contributed by atoms with Crippen molar-refractivity contribution in [3.05, 3.63) is 23.8 Å². The SMILES string of the molecule is CCOc1cccc(CNCC(=O)N(C)C)c1O. The van der Waals surface area contributed by atoms with E-state index in [0.717, 1.165) is 0 Å². The number of carbonyl (C=O) groups excluding carboxylic acids is 1. The van der Waals surface area contributed by atoms with Crippen molar-refractivity contribution in [3.63, 3.8) is 0 Å². The minimum Gasteiger partial charge on any atom is -0.504 e. The Hall–Kier alpha value is -1.75. The van der Waals surface area contributed by atoms with E-state index in [1.54, 1.807) is 26.2 Å². The minimum atomic E-state index is -0.00421. The van der Waals surface area contributed by atoms with E-state index in [4.69, 9.17) is 4.74 Å². The lowest BCUT2D eigenvalue weighted by atomic mass is 10.2. The molecule has 0 bridgehead atoms. The number of hydrogen-bond acceptors (Lipinski definition) is 4. The summed E-state index contributed by atoms with van der Waals surface area (Å²) in [6, 6.07) is 5.33. The van der Waals surface area contributed by atoms with E-state index in [9.17, 15) is 9.90 Å². The van der Waals surface area contributed by atoms with E-state index in [1.807, 2.05) is 13.0 Å². The van der Waals surface area contributed by atoms with Gasteiger partial charge in [0.1, 0.15) is 0 Å². The number of rotatable bonds is 6. The first kappa shape index (κ1) is 14.3. The lowest BCUT2D eigenvalue weighted by Gasteiger charge is -2.13. The highest BCUT2D eigenvalue weighted by molar-refractivity contribution is 5.77. The molecule has 0 atom stereocenters. The summed E-state index contributed by atoms with van der Waals surface area (Å²) >= 11 is 0. The summed E-state index contributed by atoms with van der Waals surface area (Å²) in [6.45, 7) is 3.03. The number of para-hydroxylation sites is 1. The molecule has 0 spiro atoms. The van der Waals surface area contributed by atoms with Crippen molar-refractivity contribution in [2.45, 2.75) is 13.5 Å². The molecule has 0 aliphatic carbocycles. The molecule has 18 heavy (non-hydrogen) atoms. The monoisotopic (exact) mass is 252 g/mol. The summed E-state index contributed by atoms with van der Waals surface area (Å²) < 4.78 is 5.29. The Bertz CT molecular complexity index is 405. The first-order chi connectivity index (χ1) is 8.56. The van der Waals surface area contributed by atoms with Gasteiger partial charge in [-0.15, -0.1) is 0 Å². The molecule has 1 aromatic rings. The van der Waals surface area contributed by atoms with Crippen LogP contribution in [0.5, 0.6) is 11.5 Å². The third kappa shape index (κ3) is 3.92. The van der Waals surface area contributed by atoms with E-state index < -0.39 is 0 Å². The van der Waals surface area contributed by atoms with Crippen LogP contribution in [0.4, 0.5) is 0 Å². The fourth-order valence-corrected chi connectivity index (χ4v) is 1.44. The van der Waals surface area contributed by atoms with Crippen LogP contribution in [0.25, 0.3) is 0 Å². The van der Waals surface area contributed by atoms with Gasteiger partial charge < -0.3 is 20.1 Å². The Morgan fingerprint density at radius 1 is 1.44 bits per heavy atom. The largest absolute Gasteiger partial charge is 0.504 e. The molecule has 5 heteroatoms. The number of likely N-dealkylation sites (N-methyl/N-ethyl adjacent to an activating group) is 1. The Kier molecular flexibility index (Phi) is 5.45. The third-order valence-electron chi connectivity index (χ3n) is 2.47. The van der Waals surface area contributed by atoms with Crippen molar-refractivity contribution in [1.82, 2.24) is 10.2 Å². The number of nitrogens with one attached hydrogen (secondary N) is 1. The minimum absolute atomic E-state index is 0.00421. The van der Waals surface area contributed by atoms with Crippen molar-refractivity contribution < 1.29 is 14.6 Å². The van der Waals surface area contributed by atoms with Crippen LogP contribution in [-0.4, -0.2) is 43.2 Å². The van der Waals surface area contributed by atoms with E-state index in [2.05, 4.69) is 5.32 Å². The number of carbonyl (C=O) groups is 1. The second-order valence-corrected chi connectivity index (χ2v) is 4.09. The van der Waals surface area contributed by atoms with Gasteiger partial charge in [-0.25, -0.2) is 0 Å². The van der Waals surface area contributed by atoms with Gasteiger partial charge in [-0.3, -0.25) is 4.79 Å². The lowest BCUT2D eigenvalue weighted by Crippen LogP contribution is -2.32. The highest BCUT2D eigenvalue weighted by Gasteiger charge is 2.08. The summed E-state index contributed by atoms with van der Waals surface area (Å²) in [5, 5.41) is 12.9. The zero-order valence-corrected chi connectivity index (χ0v) is 11.1. The van der Waals surface area contributed by atoms with Gasteiger partial charge in [0.25, 0.3) is 0 Å². The Morgan fingerprint density at radius 3 is 2.78 bits per heavy atom. The van der Waals surface area contributed by atoms with E-state index >= 15 is 0 Å². The van der Waals surface area contributed by atoms with Gasteiger partial charge in [-0.2, -0.15) is 0 Å². The third-order valence-corrected chi connectivity index (χ3v) is 2.47. The number of hydrogen-bond donors (Lipinski definition) is 2. The second kappa shape index (κ2) is 6.86. The molecule has 2 N–H and O–H groups in total. The predicted octanol–water partition coefficient (Wildman–Crippen LogP) is 0.969. The molecule has 0 saturated heterocycles. The van der Waals surface area contributed by atoms with E-state index in [-0.39, 0.29) is 18.2 Å². The van der Waals surface area contributed by atoms with E-state index in [0.29, 0.717) is 24.5 Å². The van der Waals surface area contributed by atoms with Gasteiger partial charge in [0, 0.05) is 26.2 Å². The standard InChI is InChI=1S/C13H20N2O3/c1-4-18-11-7-5-6-10(13(11)17)8-14-9-12(16)15(2)3/h5-7,14,17H,4,8-9H2,1-3H3. The highest BCUT2D eigenvalue weighted by Crippen LogP contribution is 2.29. The Balaban J connectivity index is 2.57. The van der Waals surface area contributed by atoms with E-state index in [1.165, 1.54) is 4.90 Å². The fraction of sp³-hybridized carbons (Fsp3) is 0.462. The normalized spacial score (nSPS) is 10.2. The van der Waals surface area contributed by atoms with Crippen molar-refractivity contribution in [1.29, 1.82) is 0 Å². The van der Waals surface area contributed by atoms with Crippen molar-refractivity contribution >= 4 is 5.91 Å². The smallest absolute Gasteiger partial charge is 0.236 e. The molecule has 1 amide bonds. The molecule has 0 aromatic heterocycles. The van der Waals surface area contributed by atoms with Crippen molar-refractivity contribution in [2.75, 3.05) is 27.2 Å². The molecule has 5 nitrogen and oxygen atoms in total. The van der Waals surface area contributed by atoms with Crippen LogP contribution in [0.3, 0.4) is 0 Å². The van der Waals surface area contributed by atoms with Crippen LogP contribution >= 0.6 is 0 Å². The summed E-state index contributed by atoms with van der Waals surface area (Å²) in [7, 11) is 3.41. The van der Waals surface area contributed by atoms with Gasteiger partial charge >= 0.3 is 0 Å². The number of nitrogens with zero attached hydrogens (tertiary/aromatic N) is 1. The van der Waals surface area contributed by atoms with Gasteiger partial charge in [0.15, 0.2) is 11.5 Å². The molecule has 0 aliphatic rings. The number of phenols is 1. The Morgan fingerprint density at radius 2 is 2.17 bits per heavy atom. The zero-order valence-electron chi connectivity index (χ0n) is 11.1. The molecule has 100 valence electrons. The lowest BCUT2D eigenvalue weighted by molar-refractivity contribution is -0.127. The zero-order chi connectivity index (χ0) is 13.5. The molecule has 0 radical (unpaired) electrons. The van der Waals surface area contributed by atoms with Crippen LogP contribution in [0.15, 0.2) is 18.2 Å². The van der Waals surface area contributed by atoms with Gasteiger partial charge in [-0.05, 0) is 13.0 Å². The molecule has 0 heterocycles. The van der Waals surface area contributed by atoms with Crippen LogP contribution in [0.2, 0.25) is 0 Å². The van der Waals surface area contributed by atoms with Crippen molar-refractivity contribution in [3.8, 4) is 11.5 Å². The van der Waals surface area contributed by atoms with Crippen LogP contribution < -0.4 is 10.1 Å². The second-order valence-electron chi connectivity index (χ2n) is 4.09. The van der Waals surface area contributed by atoms with Gasteiger partial charge in [0.05, 0.1) is 13.2 Å². The van der Waals surface area contributed by atoms with Crippen LogP contribution in [0.1, 0.15) is 12.5 Å². The molecule has 0 saturated carbocycles. The molecular weight excluding hydrogens is 232 g/mol. The van der Waals surface area contributed by atoms with Crippen molar-refractivity contribution in [2.24, 2.45) is 0 Å². The summed E-state index contributed by atoms with van der Waals surface area (Å²) in [5.74, 6) is 0.593. The highest BCUT2D eigenvalue weighted by atomic mass is 16.5. The summed E-state index contributed by atoms with van der Waals surface area (Å²) in [4.78, 5) is 12.9. The molecule has 0 fully saturated rings. The van der Waals surface area contributed by atoms with Crippen LogP contribution in [0, 0.1) is 0 Å². The number of benzene rings is 1. The maximum absolute atomic E-state index is 11.4. The molecule has 1 rings (SSSR count). The quantitative estimate of drug-likeness (QED) is 0.792. The molecule has 0 aliphatic heterocycles. The average molecular weight is 252 g/mol. The van der Waals surface area contributed by atoms with Gasteiger partial charge in [0.2, 0.25) is 5.91 Å². The number of ether oxygens (including phenoxy) is 1. The molecule has 1 aromatic carbocycles. The first-order valence-corrected chi connectivity index (χ1v) is 5.90. The van der Waals surface area contributed by atoms with Gasteiger partial charge in [-0.1, -0.05) is 12.1 Å². The first-order valence-electron chi connectivity index (χ1n) is 5.90. The fourth-order valence-electron chi connectivity index (χ4n) is 1.44. The number of aromatic hydroxyl groups is 1. The maximum Gasteiger partial charge on any atom is 0.236 e.